The second-order valence-corrected chi connectivity index (χ2v) is 4.98. The van der Waals surface area contributed by atoms with Crippen LogP contribution >= 0.6 is 11.3 Å². The fraction of sp³-hybridized carbons (Fsp3) is 0.455. The maximum absolute atomic E-state index is 4.47. The van der Waals surface area contributed by atoms with E-state index < -0.39 is 0 Å². The Labute approximate surface area is 99.1 Å². The van der Waals surface area contributed by atoms with Gasteiger partial charge in [0.05, 0.1) is 16.9 Å². The first-order valence-electron chi connectivity index (χ1n) is 5.31. The number of hydrogen-bond donors (Lipinski definition) is 2. The van der Waals surface area contributed by atoms with Gasteiger partial charge < -0.3 is 5.32 Å². The van der Waals surface area contributed by atoms with E-state index in [0.717, 1.165) is 22.9 Å². The molecule has 0 amide bonds. The lowest BCUT2D eigenvalue weighted by molar-refractivity contribution is 0.562. The zero-order valence-electron chi connectivity index (χ0n) is 9.74. The standard InChI is InChI=1S/C11H16N4S/c1-7-10(5-13-15-7)4-12-8(2)11-6-16-9(3)14-11/h5-6,8,12H,4H2,1-3H3,(H,13,15). The number of aromatic nitrogens is 3. The van der Waals surface area contributed by atoms with Crippen molar-refractivity contribution in [1.82, 2.24) is 20.5 Å². The minimum atomic E-state index is 0.277. The van der Waals surface area contributed by atoms with Crippen molar-refractivity contribution in [3.05, 3.63) is 33.5 Å². The highest BCUT2D eigenvalue weighted by molar-refractivity contribution is 7.09. The van der Waals surface area contributed by atoms with E-state index in [-0.39, 0.29) is 6.04 Å². The molecule has 2 N–H and O–H groups in total. The quantitative estimate of drug-likeness (QED) is 0.856. The molecule has 1 atom stereocenters. The number of hydrogen-bond acceptors (Lipinski definition) is 4. The van der Waals surface area contributed by atoms with Gasteiger partial charge in [-0.25, -0.2) is 4.98 Å². The lowest BCUT2D eigenvalue weighted by Crippen LogP contribution is -2.18. The molecule has 0 aliphatic carbocycles. The molecule has 0 fully saturated rings. The third-order valence-corrected chi connectivity index (χ3v) is 3.41. The average Bonchev–Trinajstić information content (AvgIpc) is 2.84. The van der Waals surface area contributed by atoms with Crippen molar-refractivity contribution in [2.45, 2.75) is 33.4 Å². The molecule has 1 unspecified atom stereocenters. The fourth-order valence-electron chi connectivity index (χ4n) is 1.50. The van der Waals surface area contributed by atoms with E-state index >= 15 is 0 Å². The van der Waals surface area contributed by atoms with Gasteiger partial charge in [-0.1, -0.05) is 0 Å². The van der Waals surface area contributed by atoms with Gasteiger partial charge in [0.25, 0.3) is 0 Å². The predicted octanol–water partition coefficient (Wildman–Crippen LogP) is 2.33. The number of aryl methyl sites for hydroxylation is 2. The van der Waals surface area contributed by atoms with Crippen molar-refractivity contribution in [3.8, 4) is 0 Å². The molecule has 16 heavy (non-hydrogen) atoms. The van der Waals surface area contributed by atoms with Crippen LogP contribution < -0.4 is 5.32 Å². The molecule has 0 aliphatic heterocycles. The number of thiazole rings is 1. The van der Waals surface area contributed by atoms with E-state index in [0.29, 0.717) is 0 Å². The Bertz CT molecular complexity index is 460. The molecule has 4 nitrogen and oxygen atoms in total. The number of rotatable bonds is 4. The summed E-state index contributed by atoms with van der Waals surface area (Å²) in [6, 6.07) is 0.277. The van der Waals surface area contributed by atoms with Crippen LogP contribution in [0.3, 0.4) is 0 Å². The van der Waals surface area contributed by atoms with Gasteiger partial charge in [-0.2, -0.15) is 5.10 Å². The topological polar surface area (TPSA) is 53.6 Å². The molecule has 2 aromatic heterocycles. The third-order valence-electron chi connectivity index (χ3n) is 2.61. The Hall–Kier alpha value is -1.20. The van der Waals surface area contributed by atoms with Gasteiger partial charge in [0.15, 0.2) is 0 Å². The third kappa shape index (κ3) is 2.48. The van der Waals surface area contributed by atoms with Crippen molar-refractivity contribution < 1.29 is 0 Å². The first-order valence-corrected chi connectivity index (χ1v) is 6.19. The van der Waals surface area contributed by atoms with Gasteiger partial charge in [0, 0.05) is 29.2 Å². The Morgan fingerprint density at radius 2 is 2.31 bits per heavy atom. The highest BCUT2D eigenvalue weighted by atomic mass is 32.1. The Morgan fingerprint density at radius 1 is 1.50 bits per heavy atom. The molecular weight excluding hydrogens is 220 g/mol. The van der Waals surface area contributed by atoms with Crippen LogP contribution in [0, 0.1) is 13.8 Å². The summed E-state index contributed by atoms with van der Waals surface area (Å²) in [6.07, 6.45) is 1.86. The highest BCUT2D eigenvalue weighted by Gasteiger charge is 2.09. The van der Waals surface area contributed by atoms with Gasteiger partial charge in [0.2, 0.25) is 0 Å². The van der Waals surface area contributed by atoms with Crippen molar-refractivity contribution in [3.63, 3.8) is 0 Å². The second kappa shape index (κ2) is 4.76. The van der Waals surface area contributed by atoms with E-state index in [1.165, 1.54) is 5.56 Å². The predicted molar refractivity (Wildman–Crippen MR) is 65.4 cm³/mol. The van der Waals surface area contributed by atoms with E-state index in [1.807, 2.05) is 20.0 Å². The van der Waals surface area contributed by atoms with Crippen LogP contribution in [-0.2, 0) is 6.54 Å². The number of nitrogens with zero attached hydrogens (tertiary/aromatic N) is 2. The van der Waals surface area contributed by atoms with Crippen LogP contribution in [0.5, 0.6) is 0 Å². The van der Waals surface area contributed by atoms with Gasteiger partial charge >= 0.3 is 0 Å². The van der Waals surface area contributed by atoms with Gasteiger partial charge in [-0.15, -0.1) is 11.3 Å². The van der Waals surface area contributed by atoms with Crippen molar-refractivity contribution >= 4 is 11.3 Å². The van der Waals surface area contributed by atoms with E-state index in [1.54, 1.807) is 11.3 Å². The summed E-state index contributed by atoms with van der Waals surface area (Å²) >= 11 is 1.69. The molecule has 0 aliphatic rings. The minimum absolute atomic E-state index is 0.277. The lowest BCUT2D eigenvalue weighted by Gasteiger charge is -2.10. The summed E-state index contributed by atoms with van der Waals surface area (Å²) < 4.78 is 0. The highest BCUT2D eigenvalue weighted by Crippen LogP contribution is 2.16. The maximum Gasteiger partial charge on any atom is 0.0898 e. The summed E-state index contributed by atoms with van der Waals surface area (Å²) in [6.45, 7) is 7.01. The molecule has 2 aromatic rings. The molecule has 0 spiro atoms. The van der Waals surface area contributed by atoms with Gasteiger partial charge in [-0.3, -0.25) is 5.10 Å². The van der Waals surface area contributed by atoms with Crippen LogP contribution in [0.1, 0.15) is 34.9 Å². The fourth-order valence-corrected chi connectivity index (χ4v) is 2.21. The van der Waals surface area contributed by atoms with Crippen LogP contribution in [0.2, 0.25) is 0 Å². The lowest BCUT2D eigenvalue weighted by atomic mass is 10.2. The minimum Gasteiger partial charge on any atom is -0.305 e. The summed E-state index contributed by atoms with van der Waals surface area (Å²) in [7, 11) is 0. The average molecular weight is 236 g/mol. The molecule has 0 aromatic carbocycles. The normalized spacial score (nSPS) is 12.9. The van der Waals surface area contributed by atoms with E-state index in [2.05, 4.69) is 32.8 Å². The Balaban J connectivity index is 1.93. The molecule has 0 bridgehead atoms. The first kappa shape index (κ1) is 11.3. The molecule has 0 saturated carbocycles. The number of H-pyrrole nitrogens is 1. The van der Waals surface area contributed by atoms with Crippen molar-refractivity contribution in [1.29, 1.82) is 0 Å². The zero-order chi connectivity index (χ0) is 11.5. The molecule has 0 saturated heterocycles. The summed E-state index contributed by atoms with van der Waals surface area (Å²) in [5, 5.41) is 13.6. The van der Waals surface area contributed by atoms with Gasteiger partial charge in [-0.05, 0) is 20.8 Å². The number of nitrogens with one attached hydrogen (secondary N) is 2. The largest absolute Gasteiger partial charge is 0.305 e. The summed E-state index contributed by atoms with van der Waals surface area (Å²) in [4.78, 5) is 4.47. The van der Waals surface area contributed by atoms with Crippen molar-refractivity contribution in [2.24, 2.45) is 0 Å². The molecule has 5 heteroatoms. The molecular formula is C11H16N4S. The second-order valence-electron chi connectivity index (χ2n) is 3.91. The molecule has 0 radical (unpaired) electrons. The summed E-state index contributed by atoms with van der Waals surface area (Å²) in [5.41, 5.74) is 3.44. The number of aromatic amines is 1. The van der Waals surface area contributed by atoms with Gasteiger partial charge in [0.1, 0.15) is 0 Å². The maximum atomic E-state index is 4.47. The van der Waals surface area contributed by atoms with Crippen LogP contribution in [0.4, 0.5) is 0 Å². The monoisotopic (exact) mass is 236 g/mol. The van der Waals surface area contributed by atoms with Crippen LogP contribution in [0.25, 0.3) is 0 Å². The van der Waals surface area contributed by atoms with E-state index in [9.17, 15) is 0 Å². The van der Waals surface area contributed by atoms with Crippen LogP contribution in [0.15, 0.2) is 11.6 Å². The SMILES string of the molecule is Cc1nc(C(C)NCc2cn[nH]c2C)cs1. The Morgan fingerprint density at radius 3 is 2.88 bits per heavy atom. The molecule has 86 valence electrons. The Kier molecular flexibility index (Phi) is 3.36. The van der Waals surface area contributed by atoms with E-state index in [4.69, 9.17) is 0 Å². The first-order chi connectivity index (χ1) is 7.66. The molecule has 2 rings (SSSR count). The smallest absolute Gasteiger partial charge is 0.0898 e. The van der Waals surface area contributed by atoms with Crippen molar-refractivity contribution in [2.75, 3.05) is 0 Å². The molecule has 2 heterocycles. The zero-order valence-corrected chi connectivity index (χ0v) is 10.6. The summed E-state index contributed by atoms with van der Waals surface area (Å²) in [5.74, 6) is 0. The van der Waals surface area contributed by atoms with Crippen LogP contribution in [-0.4, -0.2) is 15.2 Å².